The summed E-state index contributed by atoms with van der Waals surface area (Å²) in [6, 6.07) is 86.6. The molecular formula is C74H46N2O4. The second-order valence-corrected chi connectivity index (χ2v) is 20.9. The highest BCUT2D eigenvalue weighted by atomic mass is 16.3. The summed E-state index contributed by atoms with van der Waals surface area (Å²) in [7, 11) is 0. The average molecular weight is 1030 g/mol. The lowest BCUT2D eigenvalue weighted by molar-refractivity contribution is 0.565. The van der Waals surface area contributed by atoms with E-state index in [2.05, 4.69) is 271 Å². The van der Waals surface area contributed by atoms with Crippen LogP contribution in [-0.4, -0.2) is 0 Å². The third kappa shape index (κ3) is 6.24. The number of benzene rings is 11. The quantitative estimate of drug-likeness (QED) is 0.151. The molecule has 0 bridgehead atoms. The molecule has 0 unspecified atom stereocenters. The standard InChI is InChI=1S/C74H46N2O4/c1-6-24-46(25-7-1)74(47-26-8-2-9-27-47)56-44-60(75(48-28-10-3-11-29-48)58-38-22-36-52-50-32-14-5-15-40-62(50)77-70(52)58)66-54-34-17-20-42-64(54)79-72(66)68(56)69-57(74)45-61(67-55-35-18-21-43-65(55)80-73(67)69)76(49-30-12-4-13-31-49)59-39-23-37-53-51-33-16-19-41-63(51)78-71(53)59/h1-39,41-45H,40H2. The zero-order valence-electron chi connectivity index (χ0n) is 43.1. The molecule has 376 valence electrons. The third-order valence-electron chi connectivity index (χ3n) is 16.7. The fourth-order valence-corrected chi connectivity index (χ4v) is 13.5. The Kier molecular flexibility index (Phi) is 9.59. The molecule has 0 fully saturated rings. The Hall–Kier alpha value is -10.6. The van der Waals surface area contributed by atoms with Gasteiger partial charge in [0.1, 0.15) is 33.7 Å². The highest BCUT2D eigenvalue weighted by molar-refractivity contribution is 6.26. The summed E-state index contributed by atoms with van der Waals surface area (Å²) < 4.78 is 29.1. The van der Waals surface area contributed by atoms with Crippen LogP contribution >= 0.6 is 0 Å². The normalized spacial score (nSPS) is 13.4. The largest absolute Gasteiger partial charge is 0.458 e. The highest BCUT2D eigenvalue weighted by Gasteiger charge is 2.51. The molecule has 11 aromatic carbocycles. The van der Waals surface area contributed by atoms with Crippen LogP contribution in [0.2, 0.25) is 0 Å². The van der Waals surface area contributed by atoms with E-state index in [1.54, 1.807) is 0 Å². The fourth-order valence-electron chi connectivity index (χ4n) is 13.5. The van der Waals surface area contributed by atoms with Crippen LogP contribution in [-0.2, 0) is 11.8 Å². The SMILES string of the molecule is C1=CCc2oc3c(N(c4ccccc4)c4cc5c(c6oc7ccccc7c46)-c4c(cc(N(c6ccccc6)c6cccc7c6oc6ccccc67)c6c4oc4ccccc46)C5(c4ccccc4)c4ccccc4)cccc3c2C=C1. The lowest BCUT2D eigenvalue weighted by Gasteiger charge is -2.36. The predicted molar refractivity (Wildman–Crippen MR) is 327 cm³/mol. The van der Waals surface area contributed by atoms with Crippen LogP contribution in [0.1, 0.15) is 33.6 Å². The van der Waals surface area contributed by atoms with Crippen molar-refractivity contribution in [2.24, 2.45) is 0 Å². The molecule has 17 rings (SSSR count). The van der Waals surface area contributed by atoms with Crippen molar-refractivity contribution >= 4 is 117 Å². The first-order chi connectivity index (χ1) is 39.7. The molecule has 0 saturated carbocycles. The van der Waals surface area contributed by atoms with E-state index in [0.717, 1.165) is 156 Å². The van der Waals surface area contributed by atoms with Gasteiger partial charge >= 0.3 is 0 Å². The Labute approximate surface area is 459 Å². The first-order valence-electron chi connectivity index (χ1n) is 27.3. The maximum absolute atomic E-state index is 7.53. The van der Waals surface area contributed by atoms with Gasteiger partial charge in [0.05, 0.1) is 38.9 Å². The van der Waals surface area contributed by atoms with E-state index in [9.17, 15) is 0 Å². The topological polar surface area (TPSA) is 59.0 Å². The number of furan rings is 4. The monoisotopic (exact) mass is 1030 g/mol. The molecule has 0 N–H and O–H groups in total. The van der Waals surface area contributed by atoms with Gasteiger partial charge < -0.3 is 27.5 Å². The Morgan fingerprint density at radius 3 is 1.30 bits per heavy atom. The van der Waals surface area contributed by atoms with Gasteiger partial charge in [0, 0.05) is 61.4 Å². The van der Waals surface area contributed by atoms with Crippen molar-refractivity contribution in [1.82, 2.24) is 0 Å². The molecule has 0 radical (unpaired) electrons. The number of hydrogen-bond donors (Lipinski definition) is 0. The van der Waals surface area contributed by atoms with Gasteiger partial charge in [0.15, 0.2) is 11.2 Å². The van der Waals surface area contributed by atoms with Crippen LogP contribution in [0.25, 0.3) is 94.0 Å². The van der Waals surface area contributed by atoms with Gasteiger partial charge in [0.2, 0.25) is 0 Å². The van der Waals surface area contributed by atoms with Gasteiger partial charge in [-0.25, -0.2) is 0 Å². The van der Waals surface area contributed by atoms with Crippen molar-refractivity contribution < 1.29 is 17.7 Å². The summed E-state index contributed by atoms with van der Waals surface area (Å²) in [6.07, 6.45) is 9.23. The van der Waals surface area contributed by atoms with Crippen molar-refractivity contribution in [3.05, 3.63) is 294 Å². The van der Waals surface area contributed by atoms with E-state index in [1.165, 1.54) is 0 Å². The first-order valence-corrected chi connectivity index (χ1v) is 27.3. The van der Waals surface area contributed by atoms with Crippen LogP contribution < -0.4 is 9.80 Å². The minimum atomic E-state index is -0.960. The maximum atomic E-state index is 7.53. The van der Waals surface area contributed by atoms with Gasteiger partial charge in [-0.1, -0.05) is 200 Å². The minimum absolute atomic E-state index is 0.694. The average Bonchev–Trinajstić information content (AvgIpc) is 3.78. The zero-order valence-corrected chi connectivity index (χ0v) is 43.1. The highest BCUT2D eigenvalue weighted by Crippen LogP contribution is 2.65. The number of para-hydroxylation sites is 7. The summed E-state index contributed by atoms with van der Waals surface area (Å²) in [5, 5.41) is 7.13. The maximum Gasteiger partial charge on any atom is 0.159 e. The van der Waals surface area contributed by atoms with Crippen molar-refractivity contribution in [2.75, 3.05) is 9.80 Å². The summed E-state index contributed by atoms with van der Waals surface area (Å²) in [5.74, 6) is 0.938. The molecule has 2 aliphatic carbocycles. The van der Waals surface area contributed by atoms with Crippen molar-refractivity contribution in [3.63, 3.8) is 0 Å². The molecule has 0 saturated heterocycles. The molecule has 4 aromatic heterocycles. The number of rotatable bonds is 8. The lowest BCUT2D eigenvalue weighted by atomic mass is 9.67. The molecule has 0 atom stereocenters. The van der Waals surface area contributed by atoms with Crippen LogP contribution in [0.5, 0.6) is 0 Å². The van der Waals surface area contributed by atoms with Gasteiger partial charge in [-0.3, -0.25) is 0 Å². The molecule has 4 heterocycles. The molecule has 0 spiro atoms. The van der Waals surface area contributed by atoms with Gasteiger partial charge in [-0.2, -0.15) is 0 Å². The van der Waals surface area contributed by atoms with E-state index in [4.69, 9.17) is 17.7 Å². The number of allylic oxidation sites excluding steroid dienone is 3. The van der Waals surface area contributed by atoms with Gasteiger partial charge in [-0.15, -0.1) is 0 Å². The molecule has 80 heavy (non-hydrogen) atoms. The van der Waals surface area contributed by atoms with Crippen molar-refractivity contribution in [1.29, 1.82) is 0 Å². The van der Waals surface area contributed by atoms with E-state index < -0.39 is 5.41 Å². The summed E-state index contributed by atoms with van der Waals surface area (Å²) in [5.41, 5.74) is 17.7. The number of hydrogen-bond acceptors (Lipinski definition) is 6. The van der Waals surface area contributed by atoms with Crippen LogP contribution in [0.4, 0.5) is 34.1 Å². The zero-order chi connectivity index (χ0) is 52.5. The van der Waals surface area contributed by atoms with Crippen molar-refractivity contribution in [2.45, 2.75) is 11.8 Å². The Morgan fingerprint density at radius 2 is 0.762 bits per heavy atom. The smallest absolute Gasteiger partial charge is 0.159 e. The Bertz CT molecular complexity index is 5000. The Morgan fingerprint density at radius 1 is 0.338 bits per heavy atom. The second kappa shape index (κ2) is 17.2. The summed E-state index contributed by atoms with van der Waals surface area (Å²) >= 11 is 0. The number of fused-ring (bicyclic) bond motifs is 17. The molecule has 15 aromatic rings. The molecule has 2 aliphatic rings. The van der Waals surface area contributed by atoms with Crippen LogP contribution in [0.15, 0.2) is 279 Å². The number of anilines is 6. The summed E-state index contributed by atoms with van der Waals surface area (Å²) in [4.78, 5) is 4.78. The second-order valence-electron chi connectivity index (χ2n) is 20.9. The molecule has 6 heteroatoms. The number of nitrogens with zero attached hydrogens (tertiary/aromatic N) is 2. The lowest BCUT2D eigenvalue weighted by Crippen LogP contribution is -2.29. The van der Waals surface area contributed by atoms with Gasteiger partial charge in [0.25, 0.3) is 0 Å². The molecule has 6 nitrogen and oxygen atoms in total. The molecule has 0 amide bonds. The predicted octanol–water partition coefficient (Wildman–Crippen LogP) is 20.6. The van der Waals surface area contributed by atoms with E-state index in [1.807, 2.05) is 6.07 Å². The van der Waals surface area contributed by atoms with Crippen LogP contribution in [0.3, 0.4) is 0 Å². The van der Waals surface area contributed by atoms with Gasteiger partial charge in [-0.05, 0) is 89.0 Å². The third-order valence-corrected chi connectivity index (χ3v) is 16.7. The van der Waals surface area contributed by atoms with E-state index in [-0.39, 0.29) is 0 Å². The first kappa shape index (κ1) is 44.6. The fraction of sp³-hybridized carbons (Fsp3) is 0.0270. The Balaban J connectivity index is 1.07. The van der Waals surface area contributed by atoms with Crippen molar-refractivity contribution in [3.8, 4) is 11.1 Å². The van der Waals surface area contributed by atoms with E-state index in [0.29, 0.717) is 6.42 Å². The minimum Gasteiger partial charge on any atom is -0.458 e. The molecule has 0 aliphatic heterocycles. The van der Waals surface area contributed by atoms with Crippen LogP contribution in [0, 0.1) is 0 Å². The van der Waals surface area contributed by atoms with E-state index >= 15 is 0 Å². The molecular weight excluding hydrogens is 981 g/mol. The summed E-state index contributed by atoms with van der Waals surface area (Å²) in [6.45, 7) is 0.